The second-order valence-electron chi connectivity index (χ2n) is 6.85. The van der Waals surface area contributed by atoms with Crippen LogP contribution in [0.2, 0.25) is 0 Å². The Hall–Kier alpha value is -3.91. The molecule has 0 unspecified atom stereocenters. The van der Waals surface area contributed by atoms with Crippen LogP contribution in [0.5, 0.6) is 0 Å². The Bertz CT molecular complexity index is 986. The number of methoxy groups -OCH3 is 1. The number of hydrogen-bond acceptors (Lipinski definition) is 4. The highest BCUT2D eigenvalue weighted by molar-refractivity contribution is 5.91. The van der Waals surface area contributed by atoms with Crippen molar-refractivity contribution in [3.05, 3.63) is 107 Å². The summed E-state index contributed by atoms with van der Waals surface area (Å²) in [6.45, 7) is 0. The first-order valence-corrected chi connectivity index (χ1v) is 9.59. The predicted molar refractivity (Wildman–Crippen MR) is 114 cm³/mol. The van der Waals surface area contributed by atoms with Crippen molar-refractivity contribution in [1.29, 1.82) is 5.26 Å². The molecule has 0 saturated carbocycles. The van der Waals surface area contributed by atoms with E-state index in [4.69, 9.17) is 10.00 Å². The summed E-state index contributed by atoms with van der Waals surface area (Å²) >= 11 is 0. The standard InChI is InChI=1S/C25H22N2O3/c1-30-25(29)22(16-18-12-14-19(17-26)15-13-18)27-24(28)23(20-8-4-2-5-9-20)21-10-6-3-7-11-21/h2-15,22-23H,16H2,1H3,(H,27,28)/t22-/m0/s1. The highest BCUT2D eigenvalue weighted by atomic mass is 16.5. The number of benzene rings is 3. The van der Waals surface area contributed by atoms with Crippen molar-refractivity contribution in [2.24, 2.45) is 0 Å². The van der Waals surface area contributed by atoms with Crippen LogP contribution in [-0.4, -0.2) is 25.0 Å². The van der Waals surface area contributed by atoms with Gasteiger partial charge in [-0.15, -0.1) is 0 Å². The molecule has 0 aliphatic heterocycles. The van der Waals surface area contributed by atoms with Crippen LogP contribution in [0.1, 0.15) is 28.2 Å². The van der Waals surface area contributed by atoms with Crippen LogP contribution in [0, 0.1) is 11.3 Å². The summed E-state index contributed by atoms with van der Waals surface area (Å²) in [5.41, 5.74) is 3.03. The van der Waals surface area contributed by atoms with E-state index >= 15 is 0 Å². The minimum atomic E-state index is -0.842. The molecule has 0 aromatic heterocycles. The zero-order chi connectivity index (χ0) is 21.3. The highest BCUT2D eigenvalue weighted by Gasteiger charge is 2.28. The average Bonchev–Trinajstić information content (AvgIpc) is 2.80. The summed E-state index contributed by atoms with van der Waals surface area (Å²) in [7, 11) is 1.30. The van der Waals surface area contributed by atoms with Gasteiger partial charge in [0.15, 0.2) is 0 Å². The molecule has 0 radical (unpaired) electrons. The van der Waals surface area contributed by atoms with E-state index in [2.05, 4.69) is 11.4 Å². The number of carbonyl (C=O) groups excluding carboxylic acids is 2. The normalized spacial score (nSPS) is 11.4. The van der Waals surface area contributed by atoms with Gasteiger partial charge in [0, 0.05) is 6.42 Å². The van der Waals surface area contributed by atoms with Crippen molar-refractivity contribution in [2.45, 2.75) is 18.4 Å². The molecule has 0 bridgehead atoms. The topological polar surface area (TPSA) is 79.2 Å². The molecule has 0 aliphatic carbocycles. The molecule has 5 heteroatoms. The van der Waals surface area contributed by atoms with Crippen LogP contribution in [0.25, 0.3) is 0 Å². The molecule has 0 heterocycles. The van der Waals surface area contributed by atoms with Crippen molar-refractivity contribution in [2.75, 3.05) is 7.11 Å². The van der Waals surface area contributed by atoms with Gasteiger partial charge in [0.1, 0.15) is 6.04 Å². The van der Waals surface area contributed by atoms with Gasteiger partial charge in [-0.05, 0) is 28.8 Å². The van der Waals surface area contributed by atoms with Crippen LogP contribution in [-0.2, 0) is 20.7 Å². The minimum absolute atomic E-state index is 0.264. The molecule has 0 saturated heterocycles. The Balaban J connectivity index is 1.86. The lowest BCUT2D eigenvalue weighted by Gasteiger charge is -2.22. The summed E-state index contributed by atoms with van der Waals surface area (Å²) < 4.78 is 4.92. The molecule has 3 aromatic carbocycles. The lowest BCUT2D eigenvalue weighted by molar-refractivity contribution is -0.145. The van der Waals surface area contributed by atoms with Gasteiger partial charge < -0.3 is 10.1 Å². The molecule has 3 aromatic rings. The summed E-state index contributed by atoms with van der Waals surface area (Å²) in [5.74, 6) is -1.36. The second kappa shape index (κ2) is 10.0. The van der Waals surface area contributed by atoms with Gasteiger partial charge in [0.2, 0.25) is 5.91 Å². The first-order valence-electron chi connectivity index (χ1n) is 9.59. The molecule has 0 fully saturated rings. The minimum Gasteiger partial charge on any atom is -0.467 e. The summed E-state index contributed by atoms with van der Waals surface area (Å²) in [6, 6.07) is 27.0. The van der Waals surface area contributed by atoms with Crippen molar-refractivity contribution < 1.29 is 14.3 Å². The van der Waals surface area contributed by atoms with Crippen molar-refractivity contribution in [3.8, 4) is 6.07 Å². The maximum absolute atomic E-state index is 13.3. The van der Waals surface area contributed by atoms with Crippen molar-refractivity contribution in [3.63, 3.8) is 0 Å². The number of rotatable bonds is 7. The van der Waals surface area contributed by atoms with Gasteiger partial charge in [0.25, 0.3) is 0 Å². The van der Waals surface area contributed by atoms with E-state index < -0.39 is 17.9 Å². The van der Waals surface area contributed by atoms with Gasteiger partial charge in [-0.1, -0.05) is 72.8 Å². The molecule has 1 amide bonds. The number of amides is 1. The SMILES string of the molecule is COC(=O)[C@H](Cc1ccc(C#N)cc1)NC(=O)C(c1ccccc1)c1ccccc1. The maximum atomic E-state index is 13.3. The molecule has 1 atom stereocenters. The zero-order valence-corrected chi connectivity index (χ0v) is 16.6. The van der Waals surface area contributed by atoms with E-state index in [0.717, 1.165) is 16.7 Å². The smallest absolute Gasteiger partial charge is 0.328 e. The number of nitrogens with one attached hydrogen (secondary N) is 1. The highest BCUT2D eigenvalue weighted by Crippen LogP contribution is 2.25. The second-order valence-corrected chi connectivity index (χ2v) is 6.85. The predicted octanol–water partition coefficient (Wildman–Crippen LogP) is 3.59. The Labute approximate surface area is 175 Å². The zero-order valence-electron chi connectivity index (χ0n) is 16.6. The Morgan fingerprint density at radius 1 is 0.900 bits per heavy atom. The molecule has 0 aliphatic rings. The van der Waals surface area contributed by atoms with E-state index in [1.165, 1.54) is 7.11 Å². The van der Waals surface area contributed by atoms with Gasteiger partial charge in [-0.3, -0.25) is 4.79 Å². The number of nitrogens with zero attached hydrogens (tertiary/aromatic N) is 1. The third-order valence-electron chi connectivity index (χ3n) is 4.85. The first kappa shape index (κ1) is 20.8. The third-order valence-corrected chi connectivity index (χ3v) is 4.85. The lowest BCUT2D eigenvalue weighted by atomic mass is 9.90. The molecule has 5 nitrogen and oxygen atoms in total. The van der Waals surface area contributed by atoms with Crippen LogP contribution in [0.3, 0.4) is 0 Å². The van der Waals surface area contributed by atoms with Crippen LogP contribution >= 0.6 is 0 Å². The summed E-state index contributed by atoms with van der Waals surface area (Å²) in [6.07, 6.45) is 0.264. The molecular weight excluding hydrogens is 376 g/mol. The first-order chi connectivity index (χ1) is 14.6. The molecule has 150 valence electrons. The quantitative estimate of drug-likeness (QED) is 0.617. The fourth-order valence-corrected chi connectivity index (χ4v) is 3.33. The number of carbonyl (C=O) groups is 2. The number of ether oxygens (including phenoxy) is 1. The van der Waals surface area contributed by atoms with E-state index in [1.807, 2.05) is 60.7 Å². The molecule has 1 N–H and O–H groups in total. The van der Waals surface area contributed by atoms with Gasteiger partial charge in [0.05, 0.1) is 24.7 Å². The third kappa shape index (κ3) is 5.12. The average molecular weight is 398 g/mol. The molecule has 0 spiro atoms. The van der Waals surface area contributed by atoms with E-state index in [9.17, 15) is 9.59 Å². The number of esters is 1. The van der Waals surface area contributed by atoms with Crippen LogP contribution < -0.4 is 5.32 Å². The fourth-order valence-electron chi connectivity index (χ4n) is 3.33. The molecule has 3 rings (SSSR count). The Kier molecular flexibility index (Phi) is 6.96. The van der Waals surface area contributed by atoms with Crippen molar-refractivity contribution >= 4 is 11.9 Å². The monoisotopic (exact) mass is 398 g/mol. The van der Waals surface area contributed by atoms with E-state index in [-0.39, 0.29) is 12.3 Å². The summed E-state index contributed by atoms with van der Waals surface area (Å²) in [4.78, 5) is 25.7. The molecule has 30 heavy (non-hydrogen) atoms. The number of nitriles is 1. The molecular formula is C25H22N2O3. The Morgan fingerprint density at radius 3 is 1.90 bits per heavy atom. The van der Waals surface area contributed by atoms with Gasteiger partial charge in [-0.25, -0.2) is 4.79 Å². The maximum Gasteiger partial charge on any atom is 0.328 e. The van der Waals surface area contributed by atoms with Crippen LogP contribution in [0.15, 0.2) is 84.9 Å². The fraction of sp³-hybridized carbons (Fsp3) is 0.160. The lowest BCUT2D eigenvalue weighted by Crippen LogP contribution is -2.45. The van der Waals surface area contributed by atoms with Crippen LogP contribution in [0.4, 0.5) is 0 Å². The Morgan fingerprint density at radius 2 is 1.43 bits per heavy atom. The van der Waals surface area contributed by atoms with E-state index in [0.29, 0.717) is 5.56 Å². The number of hydrogen-bond donors (Lipinski definition) is 1. The summed E-state index contributed by atoms with van der Waals surface area (Å²) in [5, 5.41) is 11.8. The van der Waals surface area contributed by atoms with Crippen molar-refractivity contribution in [1.82, 2.24) is 5.32 Å². The van der Waals surface area contributed by atoms with Gasteiger partial charge in [-0.2, -0.15) is 5.26 Å². The van der Waals surface area contributed by atoms with E-state index in [1.54, 1.807) is 24.3 Å². The van der Waals surface area contributed by atoms with Gasteiger partial charge >= 0.3 is 5.97 Å². The largest absolute Gasteiger partial charge is 0.467 e.